The SMILES string of the molecule is CC(C)CC(O)CNc1ncccc1C(=O)O. The van der Waals surface area contributed by atoms with Crippen LogP contribution in [0.4, 0.5) is 5.82 Å². The van der Waals surface area contributed by atoms with E-state index in [1.165, 1.54) is 12.3 Å². The van der Waals surface area contributed by atoms with Gasteiger partial charge in [0.25, 0.3) is 0 Å². The number of nitrogens with zero attached hydrogens (tertiary/aromatic N) is 1. The summed E-state index contributed by atoms with van der Waals surface area (Å²) < 4.78 is 0. The van der Waals surface area contributed by atoms with Crippen molar-refractivity contribution in [3.63, 3.8) is 0 Å². The average molecular weight is 238 g/mol. The van der Waals surface area contributed by atoms with Crippen LogP contribution in [0.15, 0.2) is 18.3 Å². The molecule has 0 saturated heterocycles. The van der Waals surface area contributed by atoms with Crippen LogP contribution in [0.1, 0.15) is 30.6 Å². The summed E-state index contributed by atoms with van der Waals surface area (Å²) in [6.07, 6.45) is 1.69. The molecule has 1 aromatic heterocycles. The topological polar surface area (TPSA) is 82.5 Å². The van der Waals surface area contributed by atoms with Gasteiger partial charge in [0.05, 0.1) is 6.10 Å². The fourth-order valence-corrected chi connectivity index (χ4v) is 1.56. The lowest BCUT2D eigenvalue weighted by atomic mass is 10.1. The zero-order valence-corrected chi connectivity index (χ0v) is 10.1. The second-order valence-electron chi connectivity index (χ2n) is 4.37. The van der Waals surface area contributed by atoms with Crippen LogP contribution in [0.25, 0.3) is 0 Å². The first-order chi connectivity index (χ1) is 8.00. The highest BCUT2D eigenvalue weighted by atomic mass is 16.4. The Morgan fingerprint density at radius 3 is 2.82 bits per heavy atom. The highest BCUT2D eigenvalue weighted by Gasteiger charge is 2.12. The minimum atomic E-state index is -1.03. The van der Waals surface area contributed by atoms with Crippen LogP contribution < -0.4 is 5.32 Å². The van der Waals surface area contributed by atoms with Crippen molar-refractivity contribution in [1.82, 2.24) is 4.98 Å². The van der Waals surface area contributed by atoms with E-state index in [9.17, 15) is 9.90 Å². The summed E-state index contributed by atoms with van der Waals surface area (Å²) >= 11 is 0. The molecule has 0 radical (unpaired) electrons. The highest BCUT2D eigenvalue weighted by molar-refractivity contribution is 5.92. The molecule has 94 valence electrons. The first-order valence-electron chi connectivity index (χ1n) is 5.61. The molecule has 0 spiro atoms. The summed E-state index contributed by atoms with van der Waals surface area (Å²) in [5.74, 6) is -0.337. The molecule has 0 saturated carbocycles. The molecule has 3 N–H and O–H groups in total. The first-order valence-corrected chi connectivity index (χ1v) is 5.61. The zero-order valence-electron chi connectivity index (χ0n) is 10.1. The highest BCUT2D eigenvalue weighted by Crippen LogP contribution is 2.12. The van der Waals surface area contributed by atoms with Crippen molar-refractivity contribution in [2.75, 3.05) is 11.9 Å². The van der Waals surface area contributed by atoms with Crippen molar-refractivity contribution in [2.24, 2.45) is 5.92 Å². The lowest BCUT2D eigenvalue weighted by Crippen LogP contribution is -2.22. The van der Waals surface area contributed by atoms with Crippen LogP contribution in [0.5, 0.6) is 0 Å². The molecule has 0 aliphatic heterocycles. The smallest absolute Gasteiger partial charge is 0.339 e. The molecule has 0 aliphatic carbocycles. The van der Waals surface area contributed by atoms with Crippen molar-refractivity contribution in [2.45, 2.75) is 26.4 Å². The monoisotopic (exact) mass is 238 g/mol. The Bertz CT molecular complexity index is 380. The van der Waals surface area contributed by atoms with Crippen LogP contribution in [-0.2, 0) is 0 Å². The molecule has 5 nitrogen and oxygen atoms in total. The normalized spacial score (nSPS) is 12.5. The van der Waals surface area contributed by atoms with Crippen LogP contribution in [0.3, 0.4) is 0 Å². The predicted molar refractivity (Wildman–Crippen MR) is 65.1 cm³/mol. The second kappa shape index (κ2) is 6.20. The predicted octanol–water partition coefficient (Wildman–Crippen LogP) is 1.60. The third-order valence-corrected chi connectivity index (χ3v) is 2.29. The third-order valence-electron chi connectivity index (χ3n) is 2.29. The maximum atomic E-state index is 10.9. The number of carboxylic acids is 1. The molecule has 0 amide bonds. The quantitative estimate of drug-likeness (QED) is 0.701. The molecular formula is C12H18N2O3. The van der Waals surface area contributed by atoms with Crippen molar-refractivity contribution in [3.8, 4) is 0 Å². The summed E-state index contributed by atoms with van der Waals surface area (Å²) in [4.78, 5) is 14.8. The van der Waals surface area contributed by atoms with E-state index in [1.54, 1.807) is 6.07 Å². The average Bonchev–Trinajstić information content (AvgIpc) is 2.25. The number of hydrogen-bond acceptors (Lipinski definition) is 4. The van der Waals surface area contributed by atoms with E-state index in [0.29, 0.717) is 24.7 Å². The number of carbonyl (C=O) groups is 1. The standard InChI is InChI=1S/C12H18N2O3/c1-8(2)6-9(15)7-14-11-10(12(16)17)4-3-5-13-11/h3-5,8-9,15H,6-7H2,1-2H3,(H,13,14)(H,16,17). The van der Waals surface area contributed by atoms with Gasteiger partial charge in [0.2, 0.25) is 0 Å². The molecule has 1 unspecified atom stereocenters. The Hall–Kier alpha value is -1.62. The molecule has 17 heavy (non-hydrogen) atoms. The minimum Gasteiger partial charge on any atom is -0.478 e. The van der Waals surface area contributed by atoms with Gasteiger partial charge in [-0.2, -0.15) is 0 Å². The van der Waals surface area contributed by atoms with Crippen molar-refractivity contribution in [3.05, 3.63) is 23.9 Å². The van der Waals surface area contributed by atoms with Crippen molar-refractivity contribution in [1.29, 1.82) is 0 Å². The number of carboxylic acid groups (broad SMARTS) is 1. The molecule has 1 atom stereocenters. The third kappa shape index (κ3) is 4.40. The van der Waals surface area contributed by atoms with Crippen molar-refractivity contribution < 1.29 is 15.0 Å². The van der Waals surface area contributed by atoms with Crippen LogP contribution in [0.2, 0.25) is 0 Å². The van der Waals surface area contributed by atoms with E-state index in [0.717, 1.165) is 0 Å². The molecule has 0 aliphatic rings. The Morgan fingerprint density at radius 2 is 2.24 bits per heavy atom. The molecule has 5 heteroatoms. The van der Waals surface area contributed by atoms with Gasteiger partial charge in [0.1, 0.15) is 11.4 Å². The number of rotatable bonds is 6. The number of aromatic carboxylic acids is 1. The second-order valence-corrected chi connectivity index (χ2v) is 4.37. The van der Waals surface area contributed by atoms with Gasteiger partial charge < -0.3 is 15.5 Å². The lowest BCUT2D eigenvalue weighted by molar-refractivity contribution is 0.0697. The van der Waals surface area contributed by atoms with Gasteiger partial charge >= 0.3 is 5.97 Å². The molecule has 0 bridgehead atoms. The number of nitrogens with one attached hydrogen (secondary N) is 1. The van der Waals surface area contributed by atoms with Crippen LogP contribution in [0, 0.1) is 5.92 Å². The van der Waals surface area contributed by atoms with Gasteiger partial charge in [0, 0.05) is 12.7 Å². The van der Waals surface area contributed by atoms with Gasteiger partial charge in [-0.05, 0) is 24.5 Å². The maximum Gasteiger partial charge on any atom is 0.339 e. The summed E-state index contributed by atoms with van der Waals surface area (Å²) in [6.45, 7) is 4.34. The van der Waals surface area contributed by atoms with Crippen LogP contribution in [-0.4, -0.2) is 33.8 Å². The zero-order chi connectivity index (χ0) is 12.8. The van der Waals surface area contributed by atoms with E-state index < -0.39 is 12.1 Å². The van der Waals surface area contributed by atoms with Crippen molar-refractivity contribution >= 4 is 11.8 Å². The van der Waals surface area contributed by atoms with Crippen LogP contribution >= 0.6 is 0 Å². The molecule has 1 rings (SSSR count). The number of pyridine rings is 1. The fourth-order valence-electron chi connectivity index (χ4n) is 1.56. The Labute approximate surface area is 101 Å². The van der Waals surface area contributed by atoms with E-state index in [2.05, 4.69) is 10.3 Å². The Balaban J connectivity index is 2.60. The number of aliphatic hydroxyl groups is 1. The van der Waals surface area contributed by atoms with E-state index in [1.807, 2.05) is 13.8 Å². The molecule has 0 aromatic carbocycles. The van der Waals surface area contributed by atoms with Gasteiger partial charge in [0.15, 0.2) is 0 Å². The molecule has 1 aromatic rings. The number of anilines is 1. The Morgan fingerprint density at radius 1 is 1.53 bits per heavy atom. The van der Waals surface area contributed by atoms with Gasteiger partial charge in [-0.3, -0.25) is 0 Å². The van der Waals surface area contributed by atoms with Gasteiger partial charge in [-0.1, -0.05) is 13.8 Å². The largest absolute Gasteiger partial charge is 0.478 e. The van der Waals surface area contributed by atoms with E-state index in [-0.39, 0.29) is 5.56 Å². The summed E-state index contributed by atoms with van der Waals surface area (Å²) in [6, 6.07) is 3.05. The van der Waals surface area contributed by atoms with E-state index >= 15 is 0 Å². The number of hydrogen-bond donors (Lipinski definition) is 3. The first kappa shape index (κ1) is 13.4. The molecular weight excluding hydrogens is 220 g/mol. The molecule has 1 heterocycles. The summed E-state index contributed by atoms with van der Waals surface area (Å²) in [7, 11) is 0. The number of aliphatic hydroxyl groups excluding tert-OH is 1. The van der Waals surface area contributed by atoms with E-state index in [4.69, 9.17) is 5.11 Å². The minimum absolute atomic E-state index is 0.115. The lowest BCUT2D eigenvalue weighted by Gasteiger charge is -2.15. The van der Waals surface area contributed by atoms with Gasteiger partial charge in [-0.25, -0.2) is 9.78 Å². The number of aromatic nitrogens is 1. The molecule has 0 fully saturated rings. The van der Waals surface area contributed by atoms with Gasteiger partial charge in [-0.15, -0.1) is 0 Å². The summed E-state index contributed by atoms with van der Waals surface area (Å²) in [5, 5.41) is 21.5. The summed E-state index contributed by atoms with van der Waals surface area (Å²) in [5.41, 5.74) is 0.115. The fraction of sp³-hybridized carbons (Fsp3) is 0.500. The Kier molecular flexibility index (Phi) is 4.90. The maximum absolute atomic E-state index is 10.9.